The van der Waals surface area contributed by atoms with Gasteiger partial charge in [0.2, 0.25) is 5.91 Å². The molecule has 1 aliphatic rings. The van der Waals surface area contributed by atoms with Crippen LogP contribution in [0.15, 0.2) is 0 Å². The average Bonchev–Trinajstić information content (AvgIpc) is 2.38. The van der Waals surface area contributed by atoms with E-state index >= 15 is 0 Å². The molecule has 0 aromatic carbocycles. The van der Waals surface area contributed by atoms with Gasteiger partial charge >= 0.3 is 5.97 Å². The minimum atomic E-state index is -0.567. The predicted molar refractivity (Wildman–Crippen MR) is 69.0 cm³/mol. The van der Waals surface area contributed by atoms with Crippen LogP contribution in [0.1, 0.15) is 33.1 Å². The van der Waals surface area contributed by atoms with E-state index in [1.54, 1.807) is 6.92 Å². The van der Waals surface area contributed by atoms with Crippen LogP contribution in [0.5, 0.6) is 0 Å². The maximum absolute atomic E-state index is 11.8. The van der Waals surface area contributed by atoms with Crippen LogP contribution < -0.4 is 10.6 Å². The van der Waals surface area contributed by atoms with E-state index in [9.17, 15) is 9.59 Å². The molecule has 0 aromatic rings. The predicted octanol–water partition coefficient (Wildman–Crippen LogP) is 0.690. The lowest BCUT2D eigenvalue weighted by Gasteiger charge is -2.28. The summed E-state index contributed by atoms with van der Waals surface area (Å²) in [6, 6.07) is -0.567. The lowest BCUT2D eigenvalue weighted by Crippen LogP contribution is -2.40. The van der Waals surface area contributed by atoms with Crippen LogP contribution in [-0.4, -0.2) is 38.1 Å². The molecule has 2 N–H and O–H groups in total. The van der Waals surface area contributed by atoms with Gasteiger partial charge in [-0.2, -0.15) is 0 Å². The first-order valence-corrected chi connectivity index (χ1v) is 6.62. The highest BCUT2D eigenvalue weighted by Gasteiger charge is 2.23. The fraction of sp³-hybridized carbons (Fsp3) is 0.846. The zero-order valence-corrected chi connectivity index (χ0v) is 11.5. The van der Waals surface area contributed by atoms with Crippen molar-refractivity contribution in [1.82, 2.24) is 10.6 Å². The summed E-state index contributed by atoms with van der Waals surface area (Å²) in [4.78, 5) is 23.0. The smallest absolute Gasteiger partial charge is 0.328 e. The minimum absolute atomic E-state index is 0.0704. The number of methoxy groups -OCH3 is 1. The van der Waals surface area contributed by atoms with Crippen LogP contribution in [-0.2, 0) is 14.3 Å². The summed E-state index contributed by atoms with van der Waals surface area (Å²) < 4.78 is 4.57. The number of esters is 1. The van der Waals surface area contributed by atoms with Gasteiger partial charge in [-0.25, -0.2) is 4.79 Å². The third-order valence-electron chi connectivity index (χ3n) is 3.63. The number of carbonyl (C=O) groups is 2. The van der Waals surface area contributed by atoms with Gasteiger partial charge in [-0.05, 0) is 44.7 Å². The molecule has 104 valence electrons. The quantitative estimate of drug-likeness (QED) is 0.710. The third kappa shape index (κ3) is 4.64. The Morgan fingerprint density at radius 3 is 2.50 bits per heavy atom. The molecule has 1 amide bonds. The number of piperidine rings is 1. The summed E-state index contributed by atoms with van der Waals surface area (Å²) in [6.07, 6.45) is 2.73. The van der Waals surface area contributed by atoms with E-state index in [0.29, 0.717) is 18.3 Å². The molecule has 1 aliphatic heterocycles. The standard InChI is InChI=1S/C13H24N2O3/c1-9(11-4-6-14-7-5-11)8-12(16)15-10(2)13(17)18-3/h9-11,14H,4-8H2,1-3H3,(H,15,16)/t9?,10-/m1/s1. The molecule has 0 saturated carbocycles. The number of rotatable bonds is 5. The number of nitrogens with one attached hydrogen (secondary N) is 2. The summed E-state index contributed by atoms with van der Waals surface area (Å²) in [5.74, 6) is 0.485. The molecule has 1 fully saturated rings. The summed E-state index contributed by atoms with van der Waals surface area (Å²) in [5, 5.41) is 5.99. The van der Waals surface area contributed by atoms with E-state index in [1.165, 1.54) is 7.11 Å². The fourth-order valence-corrected chi connectivity index (χ4v) is 2.41. The van der Waals surface area contributed by atoms with E-state index < -0.39 is 12.0 Å². The van der Waals surface area contributed by atoms with Crippen molar-refractivity contribution in [2.45, 2.75) is 39.2 Å². The van der Waals surface area contributed by atoms with Crippen molar-refractivity contribution in [3.63, 3.8) is 0 Å². The Kier molecular flexibility index (Phi) is 6.12. The van der Waals surface area contributed by atoms with Crippen molar-refractivity contribution in [2.24, 2.45) is 11.8 Å². The van der Waals surface area contributed by atoms with Crippen molar-refractivity contribution in [1.29, 1.82) is 0 Å². The Morgan fingerprint density at radius 1 is 1.33 bits per heavy atom. The molecule has 18 heavy (non-hydrogen) atoms. The number of amides is 1. The van der Waals surface area contributed by atoms with Crippen LogP contribution in [0.25, 0.3) is 0 Å². The van der Waals surface area contributed by atoms with Crippen molar-refractivity contribution >= 4 is 11.9 Å². The van der Waals surface area contributed by atoms with Crippen molar-refractivity contribution in [2.75, 3.05) is 20.2 Å². The summed E-state index contributed by atoms with van der Waals surface area (Å²) in [6.45, 7) is 5.82. The second kappa shape index (κ2) is 7.36. The van der Waals surface area contributed by atoms with E-state index in [1.807, 2.05) is 0 Å². The Balaban J connectivity index is 2.32. The van der Waals surface area contributed by atoms with Crippen LogP contribution >= 0.6 is 0 Å². The van der Waals surface area contributed by atoms with Gasteiger partial charge in [0.05, 0.1) is 7.11 Å². The molecule has 5 nitrogen and oxygen atoms in total. The van der Waals surface area contributed by atoms with Gasteiger partial charge < -0.3 is 15.4 Å². The van der Waals surface area contributed by atoms with Crippen LogP contribution in [0.4, 0.5) is 0 Å². The van der Waals surface area contributed by atoms with Gasteiger partial charge in [0.25, 0.3) is 0 Å². The average molecular weight is 256 g/mol. The van der Waals surface area contributed by atoms with E-state index in [2.05, 4.69) is 22.3 Å². The van der Waals surface area contributed by atoms with Gasteiger partial charge in [0.1, 0.15) is 6.04 Å². The number of ether oxygens (including phenoxy) is 1. The largest absolute Gasteiger partial charge is 0.467 e. The normalized spacial score (nSPS) is 19.9. The topological polar surface area (TPSA) is 67.4 Å². The lowest BCUT2D eigenvalue weighted by atomic mass is 9.84. The molecule has 0 bridgehead atoms. The molecule has 0 aromatic heterocycles. The van der Waals surface area contributed by atoms with Gasteiger partial charge in [0.15, 0.2) is 0 Å². The third-order valence-corrected chi connectivity index (χ3v) is 3.63. The zero-order chi connectivity index (χ0) is 13.5. The van der Waals surface area contributed by atoms with Gasteiger partial charge in [-0.15, -0.1) is 0 Å². The second-order valence-corrected chi connectivity index (χ2v) is 5.08. The van der Waals surface area contributed by atoms with Crippen molar-refractivity contribution in [3.05, 3.63) is 0 Å². The highest BCUT2D eigenvalue weighted by Crippen LogP contribution is 2.24. The first kappa shape index (κ1) is 15.0. The SMILES string of the molecule is COC(=O)[C@@H](C)NC(=O)CC(C)C1CCNCC1. The Hall–Kier alpha value is -1.10. The Bertz CT molecular complexity index is 288. The molecular formula is C13H24N2O3. The number of carbonyl (C=O) groups excluding carboxylic acids is 2. The van der Waals surface area contributed by atoms with Crippen molar-refractivity contribution in [3.8, 4) is 0 Å². The molecule has 1 heterocycles. The maximum atomic E-state index is 11.8. The molecule has 0 aliphatic carbocycles. The van der Waals surface area contributed by atoms with E-state index in [4.69, 9.17) is 0 Å². The monoisotopic (exact) mass is 256 g/mol. The molecule has 2 atom stereocenters. The summed E-state index contributed by atoms with van der Waals surface area (Å²) in [7, 11) is 1.32. The van der Waals surface area contributed by atoms with Gasteiger partial charge in [-0.3, -0.25) is 4.79 Å². The Morgan fingerprint density at radius 2 is 1.94 bits per heavy atom. The molecule has 1 rings (SSSR count). The summed E-state index contributed by atoms with van der Waals surface area (Å²) in [5.41, 5.74) is 0. The minimum Gasteiger partial charge on any atom is -0.467 e. The first-order chi connectivity index (χ1) is 8.54. The van der Waals surface area contributed by atoms with Crippen LogP contribution in [0.2, 0.25) is 0 Å². The number of hydrogen-bond acceptors (Lipinski definition) is 4. The maximum Gasteiger partial charge on any atom is 0.328 e. The fourth-order valence-electron chi connectivity index (χ4n) is 2.41. The van der Waals surface area contributed by atoms with Gasteiger partial charge in [0, 0.05) is 6.42 Å². The van der Waals surface area contributed by atoms with Gasteiger partial charge in [-0.1, -0.05) is 6.92 Å². The van der Waals surface area contributed by atoms with Crippen LogP contribution in [0, 0.1) is 11.8 Å². The second-order valence-electron chi connectivity index (χ2n) is 5.08. The molecule has 5 heteroatoms. The molecule has 1 saturated heterocycles. The highest BCUT2D eigenvalue weighted by atomic mass is 16.5. The summed E-state index contributed by atoms with van der Waals surface area (Å²) >= 11 is 0. The lowest BCUT2D eigenvalue weighted by molar-refractivity contribution is -0.144. The first-order valence-electron chi connectivity index (χ1n) is 6.62. The molecule has 0 spiro atoms. The Labute approximate surface area is 109 Å². The molecule has 1 unspecified atom stereocenters. The highest BCUT2D eigenvalue weighted by molar-refractivity contribution is 5.84. The molecular weight excluding hydrogens is 232 g/mol. The van der Waals surface area contributed by atoms with E-state index in [0.717, 1.165) is 25.9 Å². The molecule has 0 radical (unpaired) electrons. The number of hydrogen-bond donors (Lipinski definition) is 2. The van der Waals surface area contributed by atoms with Crippen LogP contribution in [0.3, 0.4) is 0 Å². The zero-order valence-electron chi connectivity index (χ0n) is 11.5. The van der Waals surface area contributed by atoms with Crippen molar-refractivity contribution < 1.29 is 14.3 Å². The van der Waals surface area contributed by atoms with E-state index in [-0.39, 0.29) is 5.91 Å².